The van der Waals surface area contributed by atoms with Gasteiger partial charge >= 0.3 is 0 Å². The van der Waals surface area contributed by atoms with Gasteiger partial charge in [-0.2, -0.15) is 5.10 Å². The molecule has 2 heterocycles. The average molecular weight is 374 g/mol. The lowest BCUT2D eigenvalue weighted by Crippen LogP contribution is -2.38. The normalized spacial score (nSPS) is 12.0. The van der Waals surface area contributed by atoms with Gasteiger partial charge in [0.25, 0.3) is 0 Å². The van der Waals surface area contributed by atoms with Crippen molar-refractivity contribution in [3.05, 3.63) is 35.7 Å². The Hall–Kier alpha value is -2.31. The Labute approximate surface area is 163 Å². The SMILES string of the molecule is CCNC(=NCCCCn1ccnc1C)N(C)Cc1cn(C)nc1C(C)C. The number of nitrogens with zero attached hydrogens (tertiary/aromatic N) is 6. The van der Waals surface area contributed by atoms with E-state index in [2.05, 4.69) is 58.9 Å². The van der Waals surface area contributed by atoms with E-state index in [9.17, 15) is 0 Å². The summed E-state index contributed by atoms with van der Waals surface area (Å²) >= 11 is 0. The summed E-state index contributed by atoms with van der Waals surface area (Å²) in [5.74, 6) is 2.44. The van der Waals surface area contributed by atoms with Crippen LogP contribution in [0, 0.1) is 6.92 Å². The van der Waals surface area contributed by atoms with E-state index in [0.717, 1.165) is 56.5 Å². The molecule has 0 aliphatic carbocycles. The molecule has 7 nitrogen and oxygen atoms in total. The molecule has 0 radical (unpaired) electrons. The zero-order valence-corrected chi connectivity index (χ0v) is 17.7. The van der Waals surface area contributed by atoms with Gasteiger partial charge in [0.2, 0.25) is 0 Å². The van der Waals surface area contributed by atoms with Gasteiger partial charge in [-0.25, -0.2) is 4.98 Å². The van der Waals surface area contributed by atoms with Crippen LogP contribution in [0.2, 0.25) is 0 Å². The predicted octanol–water partition coefficient (Wildman–Crippen LogP) is 2.93. The molecule has 0 saturated heterocycles. The fourth-order valence-corrected chi connectivity index (χ4v) is 3.18. The standard InChI is InChI=1S/C20H35N7/c1-7-21-20(23-10-8-9-12-27-13-11-22-17(27)4)25(5)14-18-15-26(6)24-19(18)16(2)3/h11,13,15-16H,7-10,12,14H2,1-6H3,(H,21,23). The summed E-state index contributed by atoms with van der Waals surface area (Å²) < 4.78 is 4.09. The number of unbranched alkanes of at least 4 members (excludes halogenated alkanes) is 1. The Morgan fingerprint density at radius 2 is 2.11 bits per heavy atom. The highest BCUT2D eigenvalue weighted by Crippen LogP contribution is 2.18. The van der Waals surface area contributed by atoms with Gasteiger partial charge in [-0.3, -0.25) is 9.67 Å². The Morgan fingerprint density at radius 1 is 1.33 bits per heavy atom. The first-order chi connectivity index (χ1) is 12.9. The Balaban J connectivity index is 1.90. The number of nitrogens with one attached hydrogen (secondary N) is 1. The summed E-state index contributed by atoms with van der Waals surface area (Å²) in [6.45, 7) is 12.0. The summed E-state index contributed by atoms with van der Waals surface area (Å²) in [5.41, 5.74) is 2.42. The first kappa shape index (κ1) is 21.0. The van der Waals surface area contributed by atoms with Crippen molar-refractivity contribution in [3.8, 4) is 0 Å². The molecule has 0 atom stereocenters. The number of hydrogen-bond donors (Lipinski definition) is 1. The minimum Gasteiger partial charge on any atom is -0.357 e. The van der Waals surface area contributed by atoms with Crippen molar-refractivity contribution in [2.75, 3.05) is 20.1 Å². The lowest BCUT2D eigenvalue weighted by atomic mass is 10.1. The Kier molecular flexibility index (Phi) is 7.88. The van der Waals surface area contributed by atoms with Gasteiger partial charge in [0, 0.05) is 64.4 Å². The van der Waals surface area contributed by atoms with Gasteiger partial charge < -0.3 is 14.8 Å². The molecule has 2 aromatic rings. The van der Waals surface area contributed by atoms with Crippen LogP contribution in [-0.4, -0.2) is 50.3 Å². The molecule has 0 saturated carbocycles. The van der Waals surface area contributed by atoms with Crippen molar-refractivity contribution in [2.45, 2.75) is 59.5 Å². The molecule has 0 aliphatic heterocycles. The van der Waals surface area contributed by atoms with Crippen molar-refractivity contribution in [1.82, 2.24) is 29.5 Å². The Morgan fingerprint density at radius 3 is 2.74 bits per heavy atom. The molecule has 2 rings (SSSR count). The first-order valence-electron chi connectivity index (χ1n) is 9.92. The van der Waals surface area contributed by atoms with E-state index in [4.69, 9.17) is 4.99 Å². The third kappa shape index (κ3) is 6.12. The molecule has 0 amide bonds. The van der Waals surface area contributed by atoms with E-state index in [1.807, 2.05) is 31.0 Å². The highest BCUT2D eigenvalue weighted by molar-refractivity contribution is 5.79. The predicted molar refractivity (Wildman–Crippen MR) is 111 cm³/mol. The largest absolute Gasteiger partial charge is 0.357 e. The number of aryl methyl sites for hydroxylation is 3. The van der Waals surface area contributed by atoms with Crippen LogP contribution in [0.4, 0.5) is 0 Å². The molecule has 0 spiro atoms. The van der Waals surface area contributed by atoms with E-state index in [-0.39, 0.29) is 0 Å². The van der Waals surface area contributed by atoms with E-state index in [0.29, 0.717) is 5.92 Å². The van der Waals surface area contributed by atoms with Gasteiger partial charge in [-0.15, -0.1) is 0 Å². The molecule has 150 valence electrons. The number of guanidine groups is 1. The van der Waals surface area contributed by atoms with Gasteiger partial charge in [0.05, 0.1) is 5.69 Å². The molecular formula is C20H35N7. The van der Waals surface area contributed by atoms with E-state index < -0.39 is 0 Å². The molecule has 0 bridgehead atoms. The molecule has 0 aliphatic rings. The number of aromatic nitrogens is 4. The lowest BCUT2D eigenvalue weighted by Gasteiger charge is -2.22. The maximum absolute atomic E-state index is 4.81. The number of hydrogen-bond acceptors (Lipinski definition) is 3. The van der Waals surface area contributed by atoms with Crippen LogP contribution >= 0.6 is 0 Å². The van der Waals surface area contributed by atoms with Crippen molar-refractivity contribution in [2.24, 2.45) is 12.0 Å². The van der Waals surface area contributed by atoms with E-state index in [1.165, 1.54) is 5.56 Å². The number of aliphatic imine (C=N–C) groups is 1. The monoisotopic (exact) mass is 373 g/mol. The molecular weight excluding hydrogens is 338 g/mol. The van der Waals surface area contributed by atoms with E-state index >= 15 is 0 Å². The molecule has 27 heavy (non-hydrogen) atoms. The van der Waals surface area contributed by atoms with Crippen molar-refractivity contribution in [3.63, 3.8) is 0 Å². The Bertz CT molecular complexity index is 727. The highest BCUT2D eigenvalue weighted by Gasteiger charge is 2.15. The topological polar surface area (TPSA) is 63.3 Å². The molecule has 0 aromatic carbocycles. The maximum Gasteiger partial charge on any atom is 0.193 e. The smallest absolute Gasteiger partial charge is 0.193 e. The van der Waals surface area contributed by atoms with Crippen molar-refractivity contribution < 1.29 is 0 Å². The van der Waals surface area contributed by atoms with E-state index in [1.54, 1.807) is 0 Å². The summed E-state index contributed by atoms with van der Waals surface area (Å²) in [5, 5.41) is 8.01. The summed E-state index contributed by atoms with van der Waals surface area (Å²) in [6, 6.07) is 0. The zero-order valence-electron chi connectivity index (χ0n) is 17.7. The van der Waals surface area contributed by atoms with Crippen LogP contribution in [0.3, 0.4) is 0 Å². The fraction of sp³-hybridized carbons (Fsp3) is 0.650. The first-order valence-corrected chi connectivity index (χ1v) is 9.92. The lowest BCUT2D eigenvalue weighted by molar-refractivity contribution is 0.472. The van der Waals surface area contributed by atoms with Crippen LogP contribution in [0.15, 0.2) is 23.6 Å². The minimum atomic E-state index is 0.417. The molecule has 1 N–H and O–H groups in total. The number of rotatable bonds is 9. The third-order valence-electron chi connectivity index (χ3n) is 4.58. The zero-order chi connectivity index (χ0) is 19.8. The second-order valence-electron chi connectivity index (χ2n) is 7.33. The van der Waals surface area contributed by atoms with Crippen molar-refractivity contribution >= 4 is 5.96 Å². The van der Waals surface area contributed by atoms with Gasteiger partial charge in [0.1, 0.15) is 5.82 Å². The molecule has 0 unspecified atom stereocenters. The molecule has 7 heteroatoms. The maximum atomic E-state index is 4.81. The highest BCUT2D eigenvalue weighted by atomic mass is 15.3. The fourth-order valence-electron chi connectivity index (χ4n) is 3.18. The molecule has 2 aromatic heterocycles. The molecule has 0 fully saturated rings. The van der Waals surface area contributed by atoms with Crippen LogP contribution in [0.1, 0.15) is 56.6 Å². The minimum absolute atomic E-state index is 0.417. The quantitative estimate of drug-likeness (QED) is 0.417. The van der Waals surface area contributed by atoms with Crippen LogP contribution in [0.25, 0.3) is 0 Å². The summed E-state index contributed by atoms with van der Waals surface area (Å²) in [4.78, 5) is 11.3. The van der Waals surface area contributed by atoms with Gasteiger partial charge in [-0.05, 0) is 32.6 Å². The second kappa shape index (κ2) is 10.1. The van der Waals surface area contributed by atoms with Crippen LogP contribution in [0.5, 0.6) is 0 Å². The summed E-state index contributed by atoms with van der Waals surface area (Å²) in [7, 11) is 4.07. The third-order valence-corrected chi connectivity index (χ3v) is 4.58. The van der Waals surface area contributed by atoms with Crippen molar-refractivity contribution in [1.29, 1.82) is 0 Å². The van der Waals surface area contributed by atoms with Crippen LogP contribution < -0.4 is 5.32 Å². The average Bonchev–Trinajstić information content (AvgIpc) is 3.19. The number of imidazole rings is 1. The van der Waals surface area contributed by atoms with Gasteiger partial charge in [-0.1, -0.05) is 13.8 Å². The van der Waals surface area contributed by atoms with Gasteiger partial charge in [0.15, 0.2) is 5.96 Å². The summed E-state index contributed by atoms with van der Waals surface area (Å²) in [6.07, 6.45) is 8.17. The second-order valence-corrected chi connectivity index (χ2v) is 7.33. The van der Waals surface area contributed by atoms with Crippen LogP contribution in [-0.2, 0) is 20.1 Å².